The lowest BCUT2D eigenvalue weighted by Gasteiger charge is -2.08. The molecule has 8 heteroatoms. The molecule has 2 aromatic carbocycles. The van der Waals surface area contributed by atoms with Crippen LogP contribution in [0.1, 0.15) is 15.9 Å². The summed E-state index contributed by atoms with van der Waals surface area (Å²) in [6.07, 6.45) is 0. The van der Waals surface area contributed by atoms with Crippen LogP contribution < -0.4 is 0 Å². The van der Waals surface area contributed by atoms with E-state index in [4.69, 9.17) is 0 Å². The van der Waals surface area contributed by atoms with Gasteiger partial charge in [0.25, 0.3) is 0 Å². The summed E-state index contributed by atoms with van der Waals surface area (Å²) in [7, 11) is 0. The molecule has 0 bridgehead atoms. The van der Waals surface area contributed by atoms with Crippen LogP contribution in [-0.2, 0) is 0 Å². The SMILES string of the molecule is O=C(c1cc(F)c(F)c(F)c1O)c1ccc(F)c(F)c1F. The summed E-state index contributed by atoms with van der Waals surface area (Å²) < 4.78 is 78.2. The van der Waals surface area contributed by atoms with Crippen LogP contribution in [0, 0.1) is 34.9 Å². The van der Waals surface area contributed by atoms with E-state index in [2.05, 4.69) is 0 Å². The second kappa shape index (κ2) is 5.12. The van der Waals surface area contributed by atoms with Crippen LogP contribution in [0.15, 0.2) is 18.2 Å². The third kappa shape index (κ3) is 2.32. The van der Waals surface area contributed by atoms with Gasteiger partial charge in [-0.05, 0) is 18.2 Å². The van der Waals surface area contributed by atoms with E-state index in [1.165, 1.54) is 0 Å². The fraction of sp³-hybridized carbons (Fsp3) is 0. The molecule has 2 aromatic rings. The Labute approximate surface area is 113 Å². The van der Waals surface area contributed by atoms with E-state index in [1.54, 1.807) is 0 Å². The Morgan fingerprint density at radius 2 is 1.33 bits per heavy atom. The Morgan fingerprint density at radius 3 is 1.95 bits per heavy atom. The zero-order valence-electron chi connectivity index (χ0n) is 9.86. The van der Waals surface area contributed by atoms with Crippen molar-refractivity contribution in [3.05, 3.63) is 64.2 Å². The number of hydrogen-bond donors (Lipinski definition) is 1. The van der Waals surface area contributed by atoms with Gasteiger partial charge in [-0.15, -0.1) is 0 Å². The van der Waals surface area contributed by atoms with Crippen molar-refractivity contribution >= 4 is 5.78 Å². The Balaban J connectivity index is 2.64. The molecule has 0 aliphatic heterocycles. The van der Waals surface area contributed by atoms with E-state index in [0.29, 0.717) is 12.1 Å². The molecule has 110 valence electrons. The highest BCUT2D eigenvalue weighted by molar-refractivity contribution is 6.10. The molecule has 0 amide bonds. The van der Waals surface area contributed by atoms with Crippen molar-refractivity contribution in [1.82, 2.24) is 0 Å². The number of benzene rings is 2. The van der Waals surface area contributed by atoms with Gasteiger partial charge < -0.3 is 5.11 Å². The molecule has 0 heterocycles. The van der Waals surface area contributed by atoms with Gasteiger partial charge in [0.15, 0.2) is 40.6 Å². The van der Waals surface area contributed by atoms with Crippen molar-refractivity contribution in [2.75, 3.05) is 0 Å². The number of phenols is 1. The van der Waals surface area contributed by atoms with E-state index in [1.807, 2.05) is 0 Å². The van der Waals surface area contributed by atoms with Crippen molar-refractivity contribution in [2.24, 2.45) is 0 Å². The number of carbonyl (C=O) groups is 1. The lowest BCUT2D eigenvalue weighted by molar-refractivity contribution is 0.102. The van der Waals surface area contributed by atoms with Crippen molar-refractivity contribution < 1.29 is 36.2 Å². The molecule has 0 radical (unpaired) electrons. The number of aromatic hydroxyl groups is 1. The van der Waals surface area contributed by atoms with Crippen molar-refractivity contribution in [3.63, 3.8) is 0 Å². The second-order valence-electron chi connectivity index (χ2n) is 3.93. The Kier molecular flexibility index (Phi) is 3.63. The maximum absolute atomic E-state index is 13.4. The van der Waals surface area contributed by atoms with Gasteiger partial charge in [-0.1, -0.05) is 0 Å². The van der Waals surface area contributed by atoms with Crippen LogP contribution in [0.2, 0.25) is 0 Å². The van der Waals surface area contributed by atoms with Gasteiger partial charge in [-0.3, -0.25) is 4.79 Å². The average Bonchev–Trinajstić information content (AvgIpc) is 2.46. The first-order valence-corrected chi connectivity index (χ1v) is 5.30. The fourth-order valence-electron chi connectivity index (χ4n) is 1.60. The van der Waals surface area contributed by atoms with Gasteiger partial charge in [-0.25, -0.2) is 22.0 Å². The maximum Gasteiger partial charge on any atom is 0.204 e. The number of carbonyl (C=O) groups excluding carboxylic acids is 1. The average molecular weight is 306 g/mol. The van der Waals surface area contributed by atoms with Gasteiger partial charge in [0.05, 0.1) is 11.1 Å². The zero-order valence-corrected chi connectivity index (χ0v) is 9.86. The number of rotatable bonds is 2. The normalized spacial score (nSPS) is 10.8. The summed E-state index contributed by atoms with van der Waals surface area (Å²) in [5.74, 6) is -14.4. The molecular formula is C13H4F6O2. The van der Waals surface area contributed by atoms with Gasteiger partial charge in [-0.2, -0.15) is 4.39 Å². The predicted molar refractivity (Wildman–Crippen MR) is 57.7 cm³/mol. The highest BCUT2D eigenvalue weighted by Gasteiger charge is 2.26. The van der Waals surface area contributed by atoms with E-state index in [-0.39, 0.29) is 6.07 Å². The topological polar surface area (TPSA) is 37.3 Å². The Hall–Kier alpha value is -2.51. The Bertz CT molecular complexity index is 757. The van der Waals surface area contributed by atoms with Crippen LogP contribution in [0.5, 0.6) is 5.75 Å². The minimum absolute atomic E-state index is 0.122. The third-order valence-corrected chi connectivity index (χ3v) is 2.66. The summed E-state index contributed by atoms with van der Waals surface area (Å²) >= 11 is 0. The lowest BCUT2D eigenvalue weighted by Crippen LogP contribution is -2.09. The molecule has 0 unspecified atom stereocenters. The molecule has 21 heavy (non-hydrogen) atoms. The first-order chi connectivity index (χ1) is 9.75. The Morgan fingerprint density at radius 1 is 0.762 bits per heavy atom. The first kappa shape index (κ1) is 14.9. The molecule has 1 N–H and O–H groups in total. The summed E-state index contributed by atoms with van der Waals surface area (Å²) in [6.45, 7) is 0. The first-order valence-electron chi connectivity index (χ1n) is 5.30. The van der Waals surface area contributed by atoms with Crippen molar-refractivity contribution in [3.8, 4) is 5.75 Å². The molecule has 0 spiro atoms. The molecule has 0 aliphatic carbocycles. The van der Waals surface area contributed by atoms with Gasteiger partial charge in [0, 0.05) is 0 Å². The van der Waals surface area contributed by atoms with Gasteiger partial charge in [0.1, 0.15) is 0 Å². The maximum atomic E-state index is 13.4. The zero-order chi connectivity index (χ0) is 15.9. The minimum atomic E-state index is -2.05. The van der Waals surface area contributed by atoms with Crippen LogP contribution in [-0.4, -0.2) is 10.9 Å². The van der Waals surface area contributed by atoms with E-state index in [0.717, 1.165) is 0 Å². The van der Waals surface area contributed by atoms with Crippen LogP contribution in [0.4, 0.5) is 26.3 Å². The molecule has 2 rings (SSSR count). The minimum Gasteiger partial charge on any atom is -0.504 e. The molecule has 0 atom stereocenters. The molecule has 0 saturated heterocycles. The third-order valence-electron chi connectivity index (χ3n) is 2.66. The molecule has 0 aliphatic rings. The van der Waals surface area contributed by atoms with E-state index in [9.17, 15) is 36.2 Å². The molecular weight excluding hydrogens is 302 g/mol. The van der Waals surface area contributed by atoms with E-state index < -0.39 is 57.6 Å². The standard InChI is InChI=1S/C13H4F6O2/c14-6-2-1-4(8(16)9(6)17)12(20)5-3-7(15)10(18)11(19)13(5)21/h1-3,21H. The molecule has 0 aromatic heterocycles. The number of halogens is 6. The number of ketones is 1. The fourth-order valence-corrected chi connectivity index (χ4v) is 1.60. The molecule has 2 nitrogen and oxygen atoms in total. The second-order valence-corrected chi connectivity index (χ2v) is 3.93. The van der Waals surface area contributed by atoms with E-state index >= 15 is 0 Å². The largest absolute Gasteiger partial charge is 0.504 e. The molecule has 0 fully saturated rings. The summed E-state index contributed by atoms with van der Waals surface area (Å²) in [5.41, 5.74) is -2.20. The van der Waals surface area contributed by atoms with Gasteiger partial charge in [0.2, 0.25) is 5.82 Å². The highest BCUT2D eigenvalue weighted by atomic mass is 19.2. The quantitative estimate of drug-likeness (QED) is 0.524. The molecule has 0 saturated carbocycles. The number of phenolic OH excluding ortho intramolecular Hbond substituents is 1. The number of hydrogen-bond acceptors (Lipinski definition) is 2. The van der Waals surface area contributed by atoms with Crippen LogP contribution >= 0.6 is 0 Å². The van der Waals surface area contributed by atoms with Crippen LogP contribution in [0.25, 0.3) is 0 Å². The predicted octanol–water partition coefficient (Wildman–Crippen LogP) is 3.46. The summed E-state index contributed by atoms with van der Waals surface area (Å²) in [5, 5.41) is 9.26. The lowest BCUT2D eigenvalue weighted by atomic mass is 10.0. The monoisotopic (exact) mass is 306 g/mol. The highest BCUT2D eigenvalue weighted by Crippen LogP contribution is 2.29. The summed E-state index contributed by atoms with van der Waals surface area (Å²) in [6, 6.07) is 1.06. The van der Waals surface area contributed by atoms with Crippen LogP contribution in [0.3, 0.4) is 0 Å². The van der Waals surface area contributed by atoms with Crippen molar-refractivity contribution in [2.45, 2.75) is 0 Å². The van der Waals surface area contributed by atoms with Crippen molar-refractivity contribution in [1.29, 1.82) is 0 Å². The van der Waals surface area contributed by atoms with Gasteiger partial charge >= 0.3 is 0 Å². The summed E-state index contributed by atoms with van der Waals surface area (Å²) in [4.78, 5) is 11.8. The smallest absolute Gasteiger partial charge is 0.204 e.